The van der Waals surface area contributed by atoms with Gasteiger partial charge in [-0.15, -0.1) is 0 Å². The van der Waals surface area contributed by atoms with Gasteiger partial charge in [-0.25, -0.2) is 4.79 Å². The standard InChI is InChI=1S/C23H30N2O6/c1-4-6-11-30-21-16-25(31-12-7-5-2)19(14-20(21)26)15-24-22(27)17-9-8-10-18(13-17)23(28)29-3/h8-10,13-14,16H,4-7,11-12,15H2,1-3H3,(H,24,27). The first-order valence-electron chi connectivity index (χ1n) is 10.5. The Bertz CT molecular complexity index is 938. The lowest BCUT2D eigenvalue weighted by atomic mass is 10.1. The minimum absolute atomic E-state index is 0.0674. The number of carbonyl (C=O) groups excluding carboxylic acids is 2. The lowest BCUT2D eigenvalue weighted by Crippen LogP contribution is -2.29. The number of nitrogens with zero attached hydrogens (tertiary/aromatic N) is 1. The Kier molecular flexibility index (Phi) is 9.61. The number of rotatable bonds is 12. The lowest BCUT2D eigenvalue weighted by Gasteiger charge is -2.16. The second-order valence-corrected chi connectivity index (χ2v) is 6.96. The largest absolute Gasteiger partial charge is 0.488 e. The quantitative estimate of drug-likeness (QED) is 0.411. The molecule has 0 aliphatic carbocycles. The monoisotopic (exact) mass is 430 g/mol. The molecule has 1 amide bonds. The van der Waals surface area contributed by atoms with Gasteiger partial charge in [0.2, 0.25) is 5.43 Å². The fraction of sp³-hybridized carbons (Fsp3) is 0.435. The molecule has 2 aromatic rings. The van der Waals surface area contributed by atoms with Crippen LogP contribution < -0.4 is 20.3 Å². The van der Waals surface area contributed by atoms with Crippen molar-refractivity contribution in [3.05, 3.63) is 63.6 Å². The summed E-state index contributed by atoms with van der Waals surface area (Å²) in [5, 5.41) is 2.76. The summed E-state index contributed by atoms with van der Waals surface area (Å²) < 4.78 is 11.7. The average molecular weight is 431 g/mol. The van der Waals surface area contributed by atoms with E-state index in [4.69, 9.17) is 9.57 Å². The SMILES string of the molecule is CCCCOc1cn(OCCCC)c(CNC(=O)c2cccc(C(=O)OC)c2)cc1=O. The lowest BCUT2D eigenvalue weighted by molar-refractivity contribution is 0.0600. The first-order chi connectivity index (χ1) is 15.0. The summed E-state index contributed by atoms with van der Waals surface area (Å²) in [6.07, 6.45) is 5.14. The summed E-state index contributed by atoms with van der Waals surface area (Å²) in [5.74, 6) is -0.695. The maximum Gasteiger partial charge on any atom is 0.337 e. The molecule has 0 saturated heterocycles. The second-order valence-electron chi connectivity index (χ2n) is 6.96. The molecule has 0 radical (unpaired) electrons. The smallest absolute Gasteiger partial charge is 0.337 e. The maximum absolute atomic E-state index is 12.6. The summed E-state index contributed by atoms with van der Waals surface area (Å²) in [4.78, 5) is 42.4. The van der Waals surface area contributed by atoms with Gasteiger partial charge in [0, 0.05) is 11.6 Å². The van der Waals surface area contributed by atoms with Gasteiger partial charge < -0.3 is 19.6 Å². The number of unbranched alkanes of at least 4 members (excludes halogenated alkanes) is 2. The molecule has 0 atom stereocenters. The first kappa shape index (κ1) is 24.0. The number of benzene rings is 1. The summed E-state index contributed by atoms with van der Waals surface area (Å²) in [5.41, 5.74) is 0.802. The molecular weight excluding hydrogens is 400 g/mol. The summed E-state index contributed by atoms with van der Waals surface area (Å²) in [6, 6.07) is 7.62. The number of amides is 1. The normalized spacial score (nSPS) is 10.4. The van der Waals surface area contributed by atoms with Gasteiger partial charge in [-0.05, 0) is 31.0 Å². The number of hydrogen-bond acceptors (Lipinski definition) is 6. The van der Waals surface area contributed by atoms with Crippen molar-refractivity contribution in [1.29, 1.82) is 0 Å². The van der Waals surface area contributed by atoms with Crippen LogP contribution in [0, 0.1) is 0 Å². The Morgan fingerprint density at radius 3 is 2.45 bits per heavy atom. The first-order valence-corrected chi connectivity index (χ1v) is 10.5. The van der Waals surface area contributed by atoms with E-state index in [1.807, 2.05) is 6.92 Å². The predicted octanol–water partition coefficient (Wildman–Crippen LogP) is 2.97. The minimum atomic E-state index is -0.522. The van der Waals surface area contributed by atoms with Crippen LogP contribution in [0.15, 0.2) is 41.3 Å². The molecule has 1 aromatic heterocycles. The van der Waals surface area contributed by atoms with E-state index in [0.717, 1.165) is 25.7 Å². The number of nitrogens with one attached hydrogen (secondary N) is 1. The topological polar surface area (TPSA) is 95.9 Å². The van der Waals surface area contributed by atoms with Crippen molar-refractivity contribution >= 4 is 11.9 Å². The fourth-order valence-electron chi connectivity index (χ4n) is 2.71. The highest BCUT2D eigenvalue weighted by Crippen LogP contribution is 2.10. The van der Waals surface area contributed by atoms with Crippen molar-refractivity contribution in [3.8, 4) is 5.75 Å². The highest BCUT2D eigenvalue weighted by atomic mass is 16.7. The summed E-state index contributed by atoms with van der Waals surface area (Å²) in [7, 11) is 1.28. The highest BCUT2D eigenvalue weighted by molar-refractivity contribution is 5.97. The summed E-state index contributed by atoms with van der Waals surface area (Å²) >= 11 is 0. The van der Waals surface area contributed by atoms with Crippen LogP contribution in [0.3, 0.4) is 0 Å². The third kappa shape index (κ3) is 7.16. The van der Waals surface area contributed by atoms with Crippen molar-refractivity contribution in [2.75, 3.05) is 20.3 Å². The molecule has 0 aliphatic heterocycles. The molecule has 8 heteroatoms. The van der Waals surface area contributed by atoms with E-state index in [1.165, 1.54) is 30.2 Å². The molecular formula is C23H30N2O6. The van der Waals surface area contributed by atoms with Crippen molar-refractivity contribution in [2.45, 2.75) is 46.1 Å². The van der Waals surface area contributed by atoms with Gasteiger partial charge in [-0.1, -0.05) is 32.8 Å². The predicted molar refractivity (Wildman–Crippen MR) is 116 cm³/mol. The molecule has 0 unspecified atom stereocenters. The van der Waals surface area contributed by atoms with E-state index >= 15 is 0 Å². The highest BCUT2D eigenvalue weighted by Gasteiger charge is 2.13. The van der Waals surface area contributed by atoms with Gasteiger partial charge >= 0.3 is 5.97 Å². The molecule has 1 aromatic carbocycles. The Balaban J connectivity index is 2.16. The molecule has 168 valence electrons. The van der Waals surface area contributed by atoms with Crippen LogP contribution in [-0.4, -0.2) is 36.9 Å². The molecule has 0 fully saturated rings. The molecule has 2 rings (SSSR count). The van der Waals surface area contributed by atoms with E-state index in [9.17, 15) is 14.4 Å². The summed E-state index contributed by atoms with van der Waals surface area (Å²) in [6.45, 7) is 5.08. The number of hydrogen-bond donors (Lipinski definition) is 1. The van der Waals surface area contributed by atoms with Crippen molar-refractivity contribution in [2.24, 2.45) is 0 Å². The minimum Gasteiger partial charge on any atom is -0.488 e. The third-order valence-electron chi connectivity index (χ3n) is 4.52. The second kappa shape index (κ2) is 12.4. The Hall–Kier alpha value is -3.29. The Labute approximate surface area is 182 Å². The average Bonchev–Trinajstić information content (AvgIpc) is 2.79. The van der Waals surface area contributed by atoms with Gasteiger partial charge in [0.1, 0.15) is 6.61 Å². The fourth-order valence-corrected chi connectivity index (χ4v) is 2.71. The van der Waals surface area contributed by atoms with Crippen LogP contribution in [0.2, 0.25) is 0 Å². The molecule has 1 heterocycles. The Morgan fingerprint density at radius 1 is 1.03 bits per heavy atom. The molecule has 31 heavy (non-hydrogen) atoms. The van der Waals surface area contributed by atoms with E-state index in [2.05, 4.69) is 17.0 Å². The number of aromatic nitrogens is 1. The zero-order valence-corrected chi connectivity index (χ0v) is 18.3. The molecule has 8 nitrogen and oxygen atoms in total. The van der Waals surface area contributed by atoms with Gasteiger partial charge in [0.25, 0.3) is 5.91 Å². The van der Waals surface area contributed by atoms with Crippen molar-refractivity contribution in [3.63, 3.8) is 0 Å². The maximum atomic E-state index is 12.6. The third-order valence-corrected chi connectivity index (χ3v) is 4.52. The van der Waals surface area contributed by atoms with E-state index in [-0.39, 0.29) is 29.2 Å². The zero-order valence-electron chi connectivity index (χ0n) is 18.3. The van der Waals surface area contributed by atoms with Crippen LogP contribution in [0.25, 0.3) is 0 Å². The number of ether oxygens (including phenoxy) is 2. The van der Waals surface area contributed by atoms with Crippen LogP contribution >= 0.6 is 0 Å². The van der Waals surface area contributed by atoms with Crippen molar-refractivity contribution in [1.82, 2.24) is 10.0 Å². The van der Waals surface area contributed by atoms with Crippen LogP contribution in [-0.2, 0) is 11.3 Å². The van der Waals surface area contributed by atoms with E-state index < -0.39 is 5.97 Å². The molecule has 0 spiro atoms. The van der Waals surface area contributed by atoms with E-state index in [1.54, 1.807) is 18.2 Å². The number of carbonyl (C=O) groups is 2. The molecule has 0 saturated carbocycles. The zero-order chi connectivity index (χ0) is 22.6. The van der Waals surface area contributed by atoms with Gasteiger partial charge in [0.15, 0.2) is 5.75 Å². The Morgan fingerprint density at radius 2 is 1.74 bits per heavy atom. The van der Waals surface area contributed by atoms with Crippen LogP contribution in [0.5, 0.6) is 5.75 Å². The number of methoxy groups -OCH3 is 1. The molecule has 1 N–H and O–H groups in total. The number of esters is 1. The van der Waals surface area contributed by atoms with Gasteiger partial charge in [-0.3, -0.25) is 9.59 Å². The van der Waals surface area contributed by atoms with Gasteiger partial charge in [-0.2, -0.15) is 4.73 Å². The van der Waals surface area contributed by atoms with Gasteiger partial charge in [0.05, 0.1) is 37.7 Å². The van der Waals surface area contributed by atoms with Crippen LogP contribution in [0.1, 0.15) is 65.9 Å². The van der Waals surface area contributed by atoms with Crippen molar-refractivity contribution < 1.29 is 23.9 Å². The van der Waals surface area contributed by atoms with Crippen LogP contribution in [0.4, 0.5) is 0 Å². The molecule has 0 aliphatic rings. The van der Waals surface area contributed by atoms with E-state index in [0.29, 0.717) is 24.5 Å². The molecule has 0 bridgehead atoms. The number of pyridine rings is 1.